The number of alkyl halides is 3. The summed E-state index contributed by atoms with van der Waals surface area (Å²) < 4.78 is 37.0. The first-order valence-electron chi connectivity index (χ1n) is 11.7. The fraction of sp³-hybridized carbons (Fsp3) is 0.423. The minimum absolute atomic E-state index is 0.0683. The second-order valence-corrected chi connectivity index (χ2v) is 8.87. The summed E-state index contributed by atoms with van der Waals surface area (Å²) in [4.78, 5) is 30.9. The maximum atomic E-state index is 13.2. The van der Waals surface area contributed by atoms with E-state index in [2.05, 4.69) is 10.2 Å². The molecule has 0 bridgehead atoms. The third-order valence-electron chi connectivity index (χ3n) is 6.14. The maximum absolute atomic E-state index is 13.2. The van der Waals surface area contributed by atoms with E-state index in [1.165, 1.54) is 0 Å². The summed E-state index contributed by atoms with van der Waals surface area (Å²) in [5, 5.41) is 6.12. The lowest BCUT2D eigenvalue weighted by Gasteiger charge is -2.32. The molecule has 0 fully saturated rings. The molecule has 2 aromatic carbocycles. The van der Waals surface area contributed by atoms with Crippen LogP contribution in [-0.4, -0.2) is 54.7 Å². The van der Waals surface area contributed by atoms with Crippen LogP contribution in [0.2, 0.25) is 0 Å². The van der Waals surface area contributed by atoms with Crippen molar-refractivity contribution in [3.8, 4) is 0 Å². The molecule has 192 valence electrons. The van der Waals surface area contributed by atoms with Gasteiger partial charge in [-0.1, -0.05) is 36.4 Å². The lowest BCUT2D eigenvalue weighted by atomic mass is 10.1. The minimum Gasteiger partial charge on any atom is -0.355 e. The van der Waals surface area contributed by atoms with Crippen molar-refractivity contribution in [2.75, 3.05) is 31.6 Å². The summed E-state index contributed by atoms with van der Waals surface area (Å²) in [6.07, 6.45) is -4.97. The normalized spacial score (nSPS) is 13.1. The van der Waals surface area contributed by atoms with E-state index < -0.39 is 18.5 Å². The molecule has 1 aliphatic rings. The largest absolute Gasteiger partial charge is 0.389 e. The molecule has 2 amide bonds. The summed E-state index contributed by atoms with van der Waals surface area (Å²) in [7, 11) is 1.69. The lowest BCUT2D eigenvalue weighted by Crippen LogP contribution is -2.48. The van der Waals surface area contributed by atoms with Gasteiger partial charge in [-0.2, -0.15) is 13.2 Å². The number of carbonyl (C=O) groups is 2. The van der Waals surface area contributed by atoms with Gasteiger partial charge in [0.05, 0.1) is 19.7 Å². The van der Waals surface area contributed by atoms with Crippen molar-refractivity contribution in [3.05, 3.63) is 70.6 Å². The van der Waals surface area contributed by atoms with E-state index in [4.69, 9.17) is 6.57 Å². The first kappa shape index (κ1) is 27.0. The van der Waals surface area contributed by atoms with E-state index >= 15 is 0 Å². The van der Waals surface area contributed by atoms with Crippen LogP contribution in [0.4, 0.5) is 24.5 Å². The zero-order valence-corrected chi connectivity index (χ0v) is 20.4. The van der Waals surface area contributed by atoms with Gasteiger partial charge in [0.1, 0.15) is 0 Å². The number of hydrogen-bond donors (Lipinski definition) is 1. The number of hydrazine groups is 1. The molecule has 0 atom stereocenters. The van der Waals surface area contributed by atoms with E-state index in [9.17, 15) is 22.8 Å². The Morgan fingerprint density at radius 2 is 1.75 bits per heavy atom. The van der Waals surface area contributed by atoms with Crippen molar-refractivity contribution in [1.82, 2.24) is 15.3 Å². The van der Waals surface area contributed by atoms with Gasteiger partial charge in [0, 0.05) is 38.8 Å². The highest BCUT2D eigenvalue weighted by molar-refractivity contribution is 5.87. The molecule has 0 aromatic heterocycles. The SMILES string of the molecule is [C-]#[N+]c1ccc(C)c(N(CC(=O)NCCCCC(F)(F)F)CC(=O)N(C)N2Cc3ccccc3C2)c1. The molecule has 2 aromatic rings. The van der Waals surface area contributed by atoms with Gasteiger partial charge in [-0.3, -0.25) is 14.6 Å². The Hall–Kier alpha value is -3.58. The minimum atomic E-state index is -4.21. The van der Waals surface area contributed by atoms with E-state index in [0.29, 0.717) is 24.5 Å². The lowest BCUT2D eigenvalue weighted by molar-refractivity contribution is -0.145. The first-order valence-corrected chi connectivity index (χ1v) is 11.7. The standard InChI is InChI=1S/C26H30F3N5O2/c1-19-10-11-22(30-2)14-23(19)33(17-24(35)31-13-7-6-12-26(27,28)29)18-25(36)32(3)34-15-20-8-4-5-9-21(20)16-34/h4-5,8-11,14H,6-7,12-13,15-18H2,1,3H3,(H,31,35). The molecule has 1 aliphatic heterocycles. The Balaban J connectivity index is 1.67. The van der Waals surface area contributed by atoms with Crippen LogP contribution >= 0.6 is 0 Å². The van der Waals surface area contributed by atoms with Crippen LogP contribution < -0.4 is 10.2 Å². The average Bonchev–Trinajstić information content (AvgIpc) is 3.27. The molecule has 0 saturated heterocycles. The van der Waals surface area contributed by atoms with E-state index in [-0.39, 0.29) is 38.4 Å². The highest BCUT2D eigenvalue weighted by atomic mass is 19.4. The number of amides is 2. The maximum Gasteiger partial charge on any atom is 0.389 e. The summed E-state index contributed by atoms with van der Waals surface area (Å²) >= 11 is 0. The Bertz CT molecular complexity index is 1100. The summed E-state index contributed by atoms with van der Waals surface area (Å²) in [6, 6.07) is 13.0. The molecule has 0 saturated carbocycles. The predicted octanol–water partition coefficient (Wildman–Crippen LogP) is 4.59. The molecule has 0 aliphatic carbocycles. The highest BCUT2D eigenvalue weighted by Crippen LogP contribution is 2.27. The van der Waals surface area contributed by atoms with Gasteiger partial charge in [-0.15, -0.1) is 0 Å². The highest BCUT2D eigenvalue weighted by Gasteiger charge is 2.27. The summed E-state index contributed by atoms with van der Waals surface area (Å²) in [5.74, 6) is -0.632. The van der Waals surface area contributed by atoms with Gasteiger partial charge in [0.2, 0.25) is 5.91 Å². The van der Waals surface area contributed by atoms with Crippen LogP contribution in [0.15, 0.2) is 42.5 Å². The molecule has 0 radical (unpaired) electrons. The van der Waals surface area contributed by atoms with Crippen LogP contribution in [0.3, 0.4) is 0 Å². The number of nitrogens with one attached hydrogen (secondary N) is 1. The molecule has 0 unspecified atom stereocenters. The number of nitrogens with zero attached hydrogens (tertiary/aromatic N) is 4. The monoisotopic (exact) mass is 501 g/mol. The average molecular weight is 502 g/mol. The number of unbranched alkanes of at least 4 members (excludes halogenated alkanes) is 1. The summed E-state index contributed by atoms with van der Waals surface area (Å²) in [6.45, 7) is 10.2. The third-order valence-corrected chi connectivity index (χ3v) is 6.14. The molecule has 0 spiro atoms. The molecule has 3 rings (SSSR count). The Morgan fingerprint density at radius 1 is 1.08 bits per heavy atom. The van der Waals surface area contributed by atoms with Crippen molar-refractivity contribution in [2.24, 2.45) is 0 Å². The number of hydrogen-bond acceptors (Lipinski definition) is 4. The third kappa shape index (κ3) is 7.46. The fourth-order valence-corrected chi connectivity index (χ4v) is 4.09. The quantitative estimate of drug-likeness (QED) is 0.382. The van der Waals surface area contributed by atoms with Crippen molar-refractivity contribution >= 4 is 23.2 Å². The zero-order chi connectivity index (χ0) is 26.3. The van der Waals surface area contributed by atoms with Gasteiger partial charge < -0.3 is 10.2 Å². The van der Waals surface area contributed by atoms with Crippen molar-refractivity contribution in [1.29, 1.82) is 0 Å². The molecule has 1 N–H and O–H groups in total. The van der Waals surface area contributed by atoms with Gasteiger partial charge in [0.25, 0.3) is 5.91 Å². The second-order valence-electron chi connectivity index (χ2n) is 8.87. The topological polar surface area (TPSA) is 60.3 Å². The smallest absolute Gasteiger partial charge is 0.355 e. The first-order chi connectivity index (χ1) is 17.1. The predicted molar refractivity (Wildman–Crippen MR) is 131 cm³/mol. The zero-order valence-electron chi connectivity index (χ0n) is 20.4. The molecule has 36 heavy (non-hydrogen) atoms. The number of fused-ring (bicyclic) bond motifs is 1. The number of anilines is 1. The number of carbonyl (C=O) groups excluding carboxylic acids is 2. The number of aryl methyl sites for hydroxylation is 1. The van der Waals surface area contributed by atoms with Crippen molar-refractivity contribution in [2.45, 2.75) is 45.5 Å². The number of halogens is 3. The second kappa shape index (κ2) is 11.9. The van der Waals surface area contributed by atoms with Gasteiger partial charge in [0.15, 0.2) is 5.69 Å². The number of likely N-dealkylation sites (N-methyl/N-ethyl adjacent to an activating group) is 1. The van der Waals surface area contributed by atoms with Crippen LogP contribution in [0.1, 0.15) is 36.0 Å². The molecule has 10 heteroatoms. The molecular formula is C26H30F3N5O2. The van der Waals surface area contributed by atoms with Gasteiger partial charge in [-0.25, -0.2) is 9.85 Å². The van der Waals surface area contributed by atoms with E-state index in [1.807, 2.05) is 36.2 Å². The molecular weight excluding hydrogens is 471 g/mol. The van der Waals surface area contributed by atoms with Crippen LogP contribution in [0.25, 0.3) is 4.85 Å². The Morgan fingerprint density at radius 3 is 2.36 bits per heavy atom. The van der Waals surface area contributed by atoms with Crippen LogP contribution in [0, 0.1) is 13.5 Å². The number of benzene rings is 2. The molecule has 7 nitrogen and oxygen atoms in total. The van der Waals surface area contributed by atoms with Crippen molar-refractivity contribution in [3.63, 3.8) is 0 Å². The van der Waals surface area contributed by atoms with Crippen molar-refractivity contribution < 1.29 is 22.8 Å². The fourth-order valence-electron chi connectivity index (χ4n) is 4.09. The van der Waals surface area contributed by atoms with Crippen LogP contribution in [-0.2, 0) is 22.7 Å². The van der Waals surface area contributed by atoms with Gasteiger partial charge in [-0.05, 0) is 42.5 Å². The summed E-state index contributed by atoms with van der Waals surface area (Å²) in [5.41, 5.74) is 4.06. The van der Waals surface area contributed by atoms with Crippen LogP contribution in [0.5, 0.6) is 0 Å². The molecule has 1 heterocycles. The Labute approximate surface area is 209 Å². The van der Waals surface area contributed by atoms with E-state index in [1.54, 1.807) is 35.2 Å². The number of rotatable bonds is 10. The van der Waals surface area contributed by atoms with Gasteiger partial charge >= 0.3 is 6.18 Å². The van der Waals surface area contributed by atoms with E-state index in [0.717, 1.165) is 16.7 Å². The Kier molecular flexibility index (Phi) is 8.93.